The Labute approximate surface area is 154 Å². The fraction of sp³-hybridized carbons (Fsp3) is 0.278. The first-order valence-corrected chi connectivity index (χ1v) is 8.31. The monoisotopic (exact) mass is 371 g/mol. The van der Waals surface area contributed by atoms with Crippen LogP contribution < -0.4 is 5.32 Å². The average Bonchev–Trinajstić information content (AvgIpc) is 3.05. The van der Waals surface area contributed by atoms with Gasteiger partial charge in [-0.3, -0.25) is 9.59 Å². The van der Waals surface area contributed by atoms with Crippen LogP contribution in [0, 0.1) is 19.7 Å². The van der Waals surface area contributed by atoms with E-state index in [1.807, 2.05) is 13.8 Å². The number of nitrogens with zero attached hydrogens (tertiary/aromatic N) is 4. The molecule has 0 aliphatic carbocycles. The van der Waals surface area contributed by atoms with E-state index in [0.29, 0.717) is 12.2 Å². The maximum absolute atomic E-state index is 13.9. The van der Waals surface area contributed by atoms with Crippen molar-refractivity contribution in [3.05, 3.63) is 52.9 Å². The predicted molar refractivity (Wildman–Crippen MR) is 94.9 cm³/mol. The molecule has 27 heavy (non-hydrogen) atoms. The quantitative estimate of drug-likeness (QED) is 0.687. The van der Waals surface area contributed by atoms with Crippen molar-refractivity contribution in [2.45, 2.75) is 33.1 Å². The molecule has 0 bridgehead atoms. The standard InChI is InChI=1S/C18H18FN5O3/c1-10-14(11(2)24-18(22-10)20-9-21-24)5-6-16(25)23-13-4-3-12(7-17(26)27)15(19)8-13/h3-4,8-9H,5-7H2,1-2H3,(H,23,25)(H,26,27). The molecule has 0 fully saturated rings. The van der Waals surface area contributed by atoms with Crippen molar-refractivity contribution in [1.29, 1.82) is 0 Å². The molecule has 140 valence electrons. The van der Waals surface area contributed by atoms with E-state index < -0.39 is 18.2 Å². The Balaban J connectivity index is 1.67. The SMILES string of the molecule is Cc1nc2ncnn2c(C)c1CCC(=O)Nc1ccc(CC(=O)O)c(F)c1. The molecule has 0 saturated heterocycles. The predicted octanol–water partition coefficient (Wildman–Crippen LogP) is 2.08. The molecule has 0 radical (unpaired) electrons. The van der Waals surface area contributed by atoms with Gasteiger partial charge in [-0.1, -0.05) is 6.07 Å². The summed E-state index contributed by atoms with van der Waals surface area (Å²) in [6, 6.07) is 3.96. The van der Waals surface area contributed by atoms with Crippen molar-refractivity contribution in [2.24, 2.45) is 0 Å². The molecule has 8 nitrogen and oxygen atoms in total. The Bertz CT molecular complexity index is 1030. The molecule has 2 aromatic heterocycles. The number of hydrogen-bond donors (Lipinski definition) is 2. The second-order valence-electron chi connectivity index (χ2n) is 6.16. The molecular weight excluding hydrogens is 353 g/mol. The summed E-state index contributed by atoms with van der Waals surface area (Å²) in [5.41, 5.74) is 2.91. The Morgan fingerprint density at radius 2 is 2.07 bits per heavy atom. The summed E-state index contributed by atoms with van der Waals surface area (Å²) < 4.78 is 15.5. The molecule has 0 atom stereocenters. The number of carboxylic acid groups (broad SMARTS) is 1. The van der Waals surface area contributed by atoms with Crippen LogP contribution in [0.25, 0.3) is 5.78 Å². The molecule has 0 aliphatic rings. The maximum atomic E-state index is 13.9. The van der Waals surface area contributed by atoms with Gasteiger partial charge in [-0.2, -0.15) is 10.1 Å². The van der Waals surface area contributed by atoms with Crippen molar-refractivity contribution in [1.82, 2.24) is 19.6 Å². The summed E-state index contributed by atoms with van der Waals surface area (Å²) >= 11 is 0. The Hall–Kier alpha value is -3.36. The first kappa shape index (κ1) is 18.4. The van der Waals surface area contributed by atoms with E-state index in [4.69, 9.17) is 5.11 Å². The summed E-state index contributed by atoms with van der Waals surface area (Å²) in [6.45, 7) is 3.74. The van der Waals surface area contributed by atoms with E-state index in [1.165, 1.54) is 18.5 Å². The largest absolute Gasteiger partial charge is 0.481 e. The lowest BCUT2D eigenvalue weighted by Crippen LogP contribution is -2.14. The number of aromatic nitrogens is 4. The Morgan fingerprint density at radius 1 is 1.30 bits per heavy atom. The smallest absolute Gasteiger partial charge is 0.307 e. The Morgan fingerprint density at radius 3 is 2.78 bits per heavy atom. The van der Waals surface area contributed by atoms with Gasteiger partial charge in [0.15, 0.2) is 0 Å². The second kappa shape index (κ2) is 7.48. The molecule has 1 amide bonds. The van der Waals surface area contributed by atoms with Gasteiger partial charge in [0, 0.05) is 23.5 Å². The van der Waals surface area contributed by atoms with Crippen molar-refractivity contribution >= 4 is 23.3 Å². The number of benzene rings is 1. The number of rotatable bonds is 6. The van der Waals surface area contributed by atoms with E-state index in [-0.39, 0.29) is 23.6 Å². The molecule has 2 heterocycles. The van der Waals surface area contributed by atoms with E-state index in [0.717, 1.165) is 23.0 Å². The lowest BCUT2D eigenvalue weighted by atomic mass is 10.1. The third-order valence-electron chi connectivity index (χ3n) is 4.27. The summed E-state index contributed by atoms with van der Waals surface area (Å²) in [5, 5.41) is 15.5. The lowest BCUT2D eigenvalue weighted by Gasteiger charge is -2.11. The van der Waals surface area contributed by atoms with Crippen LogP contribution in [0.1, 0.15) is 28.9 Å². The fourth-order valence-corrected chi connectivity index (χ4v) is 2.91. The average molecular weight is 371 g/mol. The van der Waals surface area contributed by atoms with Crippen LogP contribution in [0.5, 0.6) is 0 Å². The lowest BCUT2D eigenvalue weighted by molar-refractivity contribution is -0.136. The molecule has 0 unspecified atom stereocenters. The van der Waals surface area contributed by atoms with Crippen molar-refractivity contribution in [3.8, 4) is 0 Å². The molecule has 3 rings (SSSR count). The minimum Gasteiger partial charge on any atom is -0.481 e. The Kier molecular flexibility index (Phi) is 5.11. The van der Waals surface area contributed by atoms with Gasteiger partial charge < -0.3 is 10.4 Å². The minimum atomic E-state index is -1.12. The maximum Gasteiger partial charge on any atom is 0.307 e. The topological polar surface area (TPSA) is 109 Å². The number of carbonyl (C=O) groups is 2. The van der Waals surface area contributed by atoms with Crippen LogP contribution in [0.3, 0.4) is 0 Å². The molecule has 3 aromatic rings. The highest BCUT2D eigenvalue weighted by Crippen LogP contribution is 2.17. The number of carbonyl (C=O) groups excluding carboxylic acids is 1. The number of aryl methyl sites for hydroxylation is 2. The van der Waals surface area contributed by atoms with Crippen molar-refractivity contribution < 1.29 is 19.1 Å². The summed E-state index contributed by atoms with van der Waals surface area (Å²) in [5.74, 6) is -1.55. The van der Waals surface area contributed by atoms with Gasteiger partial charge in [0.25, 0.3) is 5.78 Å². The number of hydrogen-bond acceptors (Lipinski definition) is 5. The summed E-state index contributed by atoms with van der Waals surface area (Å²) in [6.07, 6.45) is 1.65. The van der Waals surface area contributed by atoms with Gasteiger partial charge in [-0.25, -0.2) is 13.9 Å². The molecule has 0 spiro atoms. The number of halogens is 1. The zero-order valence-corrected chi connectivity index (χ0v) is 14.9. The highest BCUT2D eigenvalue weighted by Gasteiger charge is 2.13. The molecule has 1 aromatic carbocycles. The fourth-order valence-electron chi connectivity index (χ4n) is 2.91. The summed E-state index contributed by atoms with van der Waals surface area (Å²) in [4.78, 5) is 31.3. The highest BCUT2D eigenvalue weighted by molar-refractivity contribution is 5.91. The van der Waals surface area contributed by atoms with Gasteiger partial charge in [0.2, 0.25) is 5.91 Å². The first-order valence-electron chi connectivity index (χ1n) is 8.31. The van der Waals surface area contributed by atoms with Crippen LogP contribution >= 0.6 is 0 Å². The number of amides is 1. The van der Waals surface area contributed by atoms with Gasteiger partial charge in [0.1, 0.15) is 12.1 Å². The molecule has 0 aliphatic heterocycles. The van der Waals surface area contributed by atoms with Crippen LogP contribution in [-0.2, 0) is 22.4 Å². The molecule has 0 saturated carbocycles. The van der Waals surface area contributed by atoms with Crippen LogP contribution in [-0.4, -0.2) is 36.6 Å². The zero-order valence-electron chi connectivity index (χ0n) is 14.9. The number of carboxylic acids is 1. The second-order valence-corrected chi connectivity index (χ2v) is 6.16. The van der Waals surface area contributed by atoms with Gasteiger partial charge in [0.05, 0.1) is 6.42 Å². The minimum absolute atomic E-state index is 0.0685. The molecule has 2 N–H and O–H groups in total. The zero-order chi connectivity index (χ0) is 19.6. The first-order chi connectivity index (χ1) is 12.8. The van der Waals surface area contributed by atoms with Gasteiger partial charge >= 0.3 is 5.97 Å². The summed E-state index contributed by atoms with van der Waals surface area (Å²) in [7, 11) is 0. The number of aliphatic carboxylic acids is 1. The van der Waals surface area contributed by atoms with E-state index in [2.05, 4.69) is 20.4 Å². The number of nitrogens with one attached hydrogen (secondary N) is 1. The molecule has 9 heteroatoms. The van der Waals surface area contributed by atoms with E-state index in [1.54, 1.807) is 4.52 Å². The third kappa shape index (κ3) is 4.08. The van der Waals surface area contributed by atoms with E-state index in [9.17, 15) is 14.0 Å². The number of anilines is 1. The van der Waals surface area contributed by atoms with Crippen molar-refractivity contribution in [3.63, 3.8) is 0 Å². The van der Waals surface area contributed by atoms with E-state index >= 15 is 0 Å². The van der Waals surface area contributed by atoms with Gasteiger partial charge in [-0.15, -0.1) is 0 Å². The van der Waals surface area contributed by atoms with Gasteiger partial charge in [-0.05, 0) is 43.5 Å². The van der Waals surface area contributed by atoms with Crippen molar-refractivity contribution in [2.75, 3.05) is 5.32 Å². The molecular formula is C18H18FN5O3. The van der Waals surface area contributed by atoms with Crippen LogP contribution in [0.15, 0.2) is 24.5 Å². The van der Waals surface area contributed by atoms with Crippen LogP contribution in [0.4, 0.5) is 10.1 Å². The third-order valence-corrected chi connectivity index (χ3v) is 4.27. The van der Waals surface area contributed by atoms with Crippen LogP contribution in [0.2, 0.25) is 0 Å². The highest BCUT2D eigenvalue weighted by atomic mass is 19.1. The normalized spacial score (nSPS) is 10.9. The number of fused-ring (bicyclic) bond motifs is 1.